The average molecular weight is 257 g/mol. The number of rotatable bonds is 4. The molecule has 1 amide bonds. The van der Waals surface area contributed by atoms with Crippen molar-refractivity contribution in [1.82, 2.24) is 10.6 Å². The fourth-order valence-electron chi connectivity index (χ4n) is 1.51. The smallest absolute Gasteiger partial charge is 0.251 e. The molecule has 1 aromatic carbocycles. The van der Waals surface area contributed by atoms with Crippen molar-refractivity contribution in [3.8, 4) is 0 Å². The lowest BCUT2D eigenvalue weighted by Crippen LogP contribution is -2.37. The molecule has 0 saturated heterocycles. The van der Waals surface area contributed by atoms with Gasteiger partial charge in [-0.1, -0.05) is 17.7 Å². The number of carbonyl (C=O) groups is 1. The molecule has 0 aliphatic carbocycles. The lowest BCUT2D eigenvalue weighted by Gasteiger charge is -2.12. The zero-order valence-electron chi connectivity index (χ0n) is 10.8. The number of hydrogen-bond donors (Lipinski definition) is 2. The van der Waals surface area contributed by atoms with E-state index in [2.05, 4.69) is 10.6 Å². The van der Waals surface area contributed by atoms with Crippen LogP contribution < -0.4 is 10.6 Å². The number of aryl methyl sites for hydroxylation is 2. The molecule has 3 nitrogen and oxygen atoms in total. The number of hydrogen-bond acceptors (Lipinski definition) is 2. The zero-order valence-corrected chi connectivity index (χ0v) is 11.6. The van der Waals surface area contributed by atoms with Crippen LogP contribution in [0.25, 0.3) is 0 Å². The molecule has 1 aromatic rings. The first-order valence-electron chi connectivity index (χ1n) is 5.57. The van der Waals surface area contributed by atoms with E-state index in [0.717, 1.165) is 11.1 Å². The first-order chi connectivity index (χ1) is 7.54. The first-order valence-corrected chi connectivity index (χ1v) is 5.57. The number of amides is 1. The number of halogens is 1. The van der Waals surface area contributed by atoms with Gasteiger partial charge in [-0.3, -0.25) is 4.79 Å². The molecule has 0 aliphatic rings. The van der Waals surface area contributed by atoms with Gasteiger partial charge in [0.25, 0.3) is 5.91 Å². The monoisotopic (exact) mass is 256 g/mol. The van der Waals surface area contributed by atoms with Crippen LogP contribution in [-0.4, -0.2) is 25.5 Å². The predicted octanol–water partition coefficient (Wildman–Crippen LogP) is 2.06. The van der Waals surface area contributed by atoms with E-state index in [0.29, 0.717) is 6.54 Å². The molecular formula is C13H21ClN2O. The Labute approximate surface area is 109 Å². The van der Waals surface area contributed by atoms with Crippen LogP contribution >= 0.6 is 12.4 Å². The van der Waals surface area contributed by atoms with Crippen LogP contribution in [-0.2, 0) is 0 Å². The minimum absolute atomic E-state index is 0. The third-order valence-electron chi connectivity index (χ3n) is 2.69. The van der Waals surface area contributed by atoms with Gasteiger partial charge in [0.2, 0.25) is 0 Å². The molecule has 17 heavy (non-hydrogen) atoms. The normalized spacial score (nSPS) is 11.5. The molecule has 4 heteroatoms. The van der Waals surface area contributed by atoms with E-state index in [1.807, 2.05) is 46.0 Å². The van der Waals surface area contributed by atoms with Gasteiger partial charge in [0, 0.05) is 18.2 Å². The summed E-state index contributed by atoms with van der Waals surface area (Å²) in [5.41, 5.74) is 2.96. The quantitative estimate of drug-likeness (QED) is 0.866. The highest BCUT2D eigenvalue weighted by atomic mass is 35.5. The van der Waals surface area contributed by atoms with Crippen molar-refractivity contribution >= 4 is 18.3 Å². The summed E-state index contributed by atoms with van der Waals surface area (Å²) >= 11 is 0. The van der Waals surface area contributed by atoms with Gasteiger partial charge in [0.1, 0.15) is 0 Å². The van der Waals surface area contributed by atoms with Crippen molar-refractivity contribution in [2.24, 2.45) is 0 Å². The highest BCUT2D eigenvalue weighted by molar-refractivity contribution is 5.95. The Morgan fingerprint density at radius 2 is 2.00 bits per heavy atom. The summed E-state index contributed by atoms with van der Waals surface area (Å²) in [5, 5.41) is 5.99. The summed E-state index contributed by atoms with van der Waals surface area (Å²) in [7, 11) is 1.88. The second-order valence-electron chi connectivity index (χ2n) is 4.22. The molecular weight excluding hydrogens is 236 g/mol. The van der Waals surface area contributed by atoms with Gasteiger partial charge in [0.15, 0.2) is 0 Å². The first kappa shape index (κ1) is 15.9. The number of carbonyl (C=O) groups excluding carboxylic acids is 1. The van der Waals surface area contributed by atoms with E-state index < -0.39 is 0 Å². The van der Waals surface area contributed by atoms with Gasteiger partial charge < -0.3 is 10.6 Å². The van der Waals surface area contributed by atoms with Crippen molar-refractivity contribution in [1.29, 1.82) is 0 Å². The molecule has 0 aromatic heterocycles. The highest BCUT2D eigenvalue weighted by Crippen LogP contribution is 2.10. The number of nitrogens with one attached hydrogen (secondary N) is 2. The van der Waals surface area contributed by atoms with Crippen LogP contribution in [0.4, 0.5) is 0 Å². The molecule has 0 fully saturated rings. The van der Waals surface area contributed by atoms with E-state index in [-0.39, 0.29) is 24.4 Å². The maximum absolute atomic E-state index is 11.9. The summed E-state index contributed by atoms with van der Waals surface area (Å²) in [4.78, 5) is 11.9. The third kappa shape index (κ3) is 4.75. The molecule has 1 unspecified atom stereocenters. The molecule has 0 heterocycles. The zero-order chi connectivity index (χ0) is 12.1. The Morgan fingerprint density at radius 3 is 2.53 bits per heavy atom. The molecule has 2 N–H and O–H groups in total. The van der Waals surface area contributed by atoms with Crippen molar-refractivity contribution in [2.45, 2.75) is 26.8 Å². The van der Waals surface area contributed by atoms with Gasteiger partial charge >= 0.3 is 0 Å². The van der Waals surface area contributed by atoms with Crippen LogP contribution in [0.15, 0.2) is 18.2 Å². The predicted molar refractivity (Wildman–Crippen MR) is 74.0 cm³/mol. The van der Waals surface area contributed by atoms with Crippen LogP contribution in [0.3, 0.4) is 0 Å². The van der Waals surface area contributed by atoms with Crippen LogP contribution in [0.1, 0.15) is 28.4 Å². The Kier molecular flexibility index (Phi) is 6.85. The Bertz CT molecular complexity index is 380. The third-order valence-corrected chi connectivity index (χ3v) is 2.69. The lowest BCUT2D eigenvalue weighted by molar-refractivity contribution is 0.0950. The second-order valence-corrected chi connectivity index (χ2v) is 4.22. The van der Waals surface area contributed by atoms with Crippen LogP contribution in [0.5, 0.6) is 0 Å². The second kappa shape index (κ2) is 7.30. The van der Waals surface area contributed by atoms with Gasteiger partial charge in [-0.25, -0.2) is 0 Å². The largest absolute Gasteiger partial charge is 0.350 e. The standard InChI is InChI=1S/C13H20N2O.ClH/c1-9-5-6-12(10(2)7-9)13(16)15-8-11(3)14-4;/h5-7,11,14H,8H2,1-4H3,(H,15,16);1H. The van der Waals surface area contributed by atoms with Crippen molar-refractivity contribution in [3.05, 3.63) is 34.9 Å². The molecule has 0 radical (unpaired) electrons. The van der Waals surface area contributed by atoms with Gasteiger partial charge in [-0.05, 0) is 39.4 Å². The topological polar surface area (TPSA) is 41.1 Å². The van der Waals surface area contributed by atoms with E-state index in [1.165, 1.54) is 5.56 Å². The fraction of sp³-hybridized carbons (Fsp3) is 0.462. The van der Waals surface area contributed by atoms with E-state index in [1.54, 1.807) is 0 Å². The lowest BCUT2D eigenvalue weighted by atomic mass is 10.1. The Hall–Kier alpha value is -1.06. The highest BCUT2D eigenvalue weighted by Gasteiger charge is 2.09. The summed E-state index contributed by atoms with van der Waals surface area (Å²) in [6.45, 7) is 6.66. The minimum Gasteiger partial charge on any atom is -0.350 e. The number of likely N-dealkylation sites (N-methyl/N-ethyl adjacent to an activating group) is 1. The molecule has 0 bridgehead atoms. The Morgan fingerprint density at radius 1 is 1.35 bits per heavy atom. The Balaban J connectivity index is 0.00000256. The van der Waals surface area contributed by atoms with Crippen LogP contribution in [0, 0.1) is 13.8 Å². The summed E-state index contributed by atoms with van der Waals surface area (Å²) in [6, 6.07) is 6.15. The van der Waals surface area contributed by atoms with Crippen molar-refractivity contribution < 1.29 is 4.79 Å². The van der Waals surface area contributed by atoms with Crippen LogP contribution in [0.2, 0.25) is 0 Å². The fourth-order valence-corrected chi connectivity index (χ4v) is 1.51. The maximum Gasteiger partial charge on any atom is 0.251 e. The maximum atomic E-state index is 11.9. The average Bonchev–Trinajstić information content (AvgIpc) is 2.25. The van der Waals surface area contributed by atoms with Gasteiger partial charge in [-0.15, -0.1) is 12.4 Å². The summed E-state index contributed by atoms with van der Waals surface area (Å²) in [5.74, 6) is -0.000370. The van der Waals surface area contributed by atoms with E-state index >= 15 is 0 Å². The van der Waals surface area contributed by atoms with E-state index in [9.17, 15) is 4.79 Å². The molecule has 0 aliphatic heterocycles. The minimum atomic E-state index is -0.000370. The molecule has 0 spiro atoms. The van der Waals surface area contributed by atoms with Gasteiger partial charge in [-0.2, -0.15) is 0 Å². The van der Waals surface area contributed by atoms with E-state index in [4.69, 9.17) is 0 Å². The molecule has 96 valence electrons. The summed E-state index contributed by atoms with van der Waals surface area (Å²) in [6.07, 6.45) is 0. The number of benzene rings is 1. The summed E-state index contributed by atoms with van der Waals surface area (Å²) < 4.78 is 0. The van der Waals surface area contributed by atoms with Crippen molar-refractivity contribution in [3.63, 3.8) is 0 Å². The van der Waals surface area contributed by atoms with Gasteiger partial charge in [0.05, 0.1) is 0 Å². The van der Waals surface area contributed by atoms with Crippen molar-refractivity contribution in [2.75, 3.05) is 13.6 Å². The molecule has 1 atom stereocenters. The molecule has 1 rings (SSSR count). The molecule has 0 saturated carbocycles. The SMILES string of the molecule is CNC(C)CNC(=O)c1ccc(C)cc1C.Cl.